The zero-order valence-electron chi connectivity index (χ0n) is 10.0. The number of carbonyl (C=O) groups is 1. The van der Waals surface area contributed by atoms with Crippen molar-refractivity contribution in [2.75, 3.05) is 13.2 Å². The second-order valence-corrected chi connectivity index (χ2v) is 3.51. The fourth-order valence-electron chi connectivity index (χ4n) is 0.883. The predicted molar refractivity (Wildman–Crippen MR) is 60.5 cm³/mol. The molecule has 0 saturated carbocycles. The summed E-state index contributed by atoms with van der Waals surface area (Å²) < 4.78 is 10.2. The van der Waals surface area contributed by atoms with Crippen LogP contribution in [0.4, 0.5) is 0 Å². The normalized spacial score (nSPS) is 11.3. The predicted octanol–water partition coefficient (Wildman–Crippen LogP) is 3.05. The molecule has 0 atom stereocenters. The Bertz CT molecular complexity index is 197. The molecule has 0 unspecified atom stereocenters. The molecule has 0 aromatic rings. The number of rotatable bonds is 8. The third kappa shape index (κ3) is 8.03. The van der Waals surface area contributed by atoms with Gasteiger partial charge in [-0.1, -0.05) is 26.7 Å². The van der Waals surface area contributed by atoms with Gasteiger partial charge in [0.2, 0.25) is 0 Å². The van der Waals surface area contributed by atoms with Crippen molar-refractivity contribution in [3.8, 4) is 0 Å². The Labute approximate surface area is 92.5 Å². The summed E-state index contributed by atoms with van der Waals surface area (Å²) in [6.07, 6.45) is 5.53. The van der Waals surface area contributed by atoms with E-state index < -0.39 is 0 Å². The fourth-order valence-corrected chi connectivity index (χ4v) is 0.883. The van der Waals surface area contributed by atoms with E-state index in [0.717, 1.165) is 25.7 Å². The molecular formula is C12H22O3. The fraction of sp³-hybridized carbons (Fsp3) is 0.750. The first-order valence-electron chi connectivity index (χ1n) is 5.67. The highest BCUT2D eigenvalue weighted by molar-refractivity contribution is 5.87. The quantitative estimate of drug-likeness (QED) is 0.269. The highest BCUT2D eigenvalue weighted by atomic mass is 16.5. The van der Waals surface area contributed by atoms with Crippen molar-refractivity contribution in [2.24, 2.45) is 0 Å². The van der Waals surface area contributed by atoms with E-state index in [1.807, 2.05) is 0 Å². The van der Waals surface area contributed by atoms with Crippen molar-refractivity contribution in [2.45, 2.75) is 46.5 Å². The molecule has 0 fully saturated rings. The second-order valence-electron chi connectivity index (χ2n) is 3.51. The van der Waals surface area contributed by atoms with E-state index in [9.17, 15) is 4.79 Å². The van der Waals surface area contributed by atoms with Gasteiger partial charge >= 0.3 is 5.97 Å². The monoisotopic (exact) mass is 214 g/mol. The van der Waals surface area contributed by atoms with Crippen LogP contribution in [0.15, 0.2) is 11.8 Å². The highest BCUT2D eigenvalue weighted by Crippen LogP contribution is 2.00. The zero-order chi connectivity index (χ0) is 11.5. The van der Waals surface area contributed by atoms with Crippen LogP contribution in [0.25, 0.3) is 0 Å². The zero-order valence-corrected chi connectivity index (χ0v) is 10.0. The van der Waals surface area contributed by atoms with Gasteiger partial charge in [-0.15, -0.1) is 0 Å². The summed E-state index contributed by atoms with van der Waals surface area (Å²) in [5, 5.41) is 0. The minimum absolute atomic E-state index is 0.278. The van der Waals surface area contributed by atoms with E-state index in [1.165, 1.54) is 6.26 Å². The van der Waals surface area contributed by atoms with E-state index in [-0.39, 0.29) is 5.97 Å². The summed E-state index contributed by atoms with van der Waals surface area (Å²) >= 11 is 0. The van der Waals surface area contributed by atoms with Crippen molar-refractivity contribution in [1.29, 1.82) is 0 Å². The van der Waals surface area contributed by atoms with Crippen molar-refractivity contribution >= 4 is 5.97 Å². The molecule has 3 heteroatoms. The third-order valence-corrected chi connectivity index (χ3v) is 1.93. The number of unbranched alkanes of at least 4 members (excludes halogenated alkanes) is 2. The van der Waals surface area contributed by atoms with Gasteiger partial charge in [-0.05, 0) is 19.8 Å². The molecule has 0 spiro atoms. The second kappa shape index (κ2) is 9.56. The summed E-state index contributed by atoms with van der Waals surface area (Å²) in [5.74, 6) is -0.278. The minimum Gasteiger partial charge on any atom is -0.501 e. The topological polar surface area (TPSA) is 35.5 Å². The molecule has 0 rings (SSSR count). The molecule has 0 radical (unpaired) electrons. The van der Waals surface area contributed by atoms with Crippen molar-refractivity contribution in [1.82, 2.24) is 0 Å². The summed E-state index contributed by atoms with van der Waals surface area (Å²) in [4.78, 5) is 11.3. The Kier molecular flexibility index (Phi) is 8.93. The van der Waals surface area contributed by atoms with Crippen molar-refractivity contribution in [3.05, 3.63) is 11.8 Å². The number of ether oxygens (including phenoxy) is 2. The van der Waals surface area contributed by atoms with Gasteiger partial charge in [0.05, 0.1) is 25.0 Å². The van der Waals surface area contributed by atoms with Gasteiger partial charge in [0, 0.05) is 0 Å². The van der Waals surface area contributed by atoms with Crippen LogP contribution < -0.4 is 0 Å². The lowest BCUT2D eigenvalue weighted by atomic mass is 10.3. The molecule has 0 aliphatic rings. The van der Waals surface area contributed by atoms with E-state index in [2.05, 4.69) is 13.8 Å². The molecule has 0 N–H and O–H groups in total. The molecule has 0 aliphatic carbocycles. The summed E-state index contributed by atoms with van der Waals surface area (Å²) in [7, 11) is 0. The molecule has 3 nitrogen and oxygen atoms in total. The van der Waals surface area contributed by atoms with E-state index in [1.54, 1.807) is 6.92 Å². The Hall–Kier alpha value is -0.990. The largest absolute Gasteiger partial charge is 0.501 e. The van der Waals surface area contributed by atoms with Gasteiger partial charge < -0.3 is 9.47 Å². The molecule has 15 heavy (non-hydrogen) atoms. The van der Waals surface area contributed by atoms with Gasteiger partial charge in [0.1, 0.15) is 0 Å². The van der Waals surface area contributed by atoms with Gasteiger partial charge in [0.15, 0.2) is 0 Å². The van der Waals surface area contributed by atoms with Gasteiger partial charge in [-0.2, -0.15) is 0 Å². The molecule has 88 valence electrons. The maximum Gasteiger partial charge on any atom is 0.336 e. The van der Waals surface area contributed by atoms with Crippen molar-refractivity contribution in [3.63, 3.8) is 0 Å². The number of hydrogen-bond donors (Lipinski definition) is 0. The molecule has 0 aromatic heterocycles. The lowest BCUT2D eigenvalue weighted by molar-refractivity contribution is -0.139. The van der Waals surface area contributed by atoms with Crippen LogP contribution in [0.5, 0.6) is 0 Å². The maximum absolute atomic E-state index is 11.3. The smallest absolute Gasteiger partial charge is 0.336 e. The van der Waals surface area contributed by atoms with Gasteiger partial charge in [-0.3, -0.25) is 0 Å². The molecule has 0 aromatic carbocycles. The first-order chi connectivity index (χ1) is 7.22. The molecule has 0 bridgehead atoms. The number of esters is 1. The summed E-state index contributed by atoms with van der Waals surface area (Å²) in [5.41, 5.74) is 0.530. The van der Waals surface area contributed by atoms with Gasteiger partial charge in [0.25, 0.3) is 0 Å². The Balaban J connectivity index is 3.66. The SMILES string of the molecule is CCCCOC=C(C)C(=O)OCCCC. The summed E-state index contributed by atoms with van der Waals surface area (Å²) in [6, 6.07) is 0. The Morgan fingerprint density at radius 2 is 1.73 bits per heavy atom. The molecule has 0 amide bonds. The molecule has 0 saturated heterocycles. The van der Waals surface area contributed by atoms with E-state index in [4.69, 9.17) is 9.47 Å². The standard InChI is InChI=1S/C12H22O3/c1-4-6-8-14-10-11(3)12(13)15-9-7-5-2/h10H,4-9H2,1-3H3. The highest BCUT2D eigenvalue weighted by Gasteiger charge is 2.04. The van der Waals surface area contributed by atoms with E-state index >= 15 is 0 Å². The minimum atomic E-state index is -0.278. The van der Waals surface area contributed by atoms with Crippen LogP contribution in [-0.2, 0) is 14.3 Å². The average Bonchev–Trinajstić information content (AvgIpc) is 2.24. The summed E-state index contributed by atoms with van der Waals surface area (Å²) in [6.45, 7) is 7.02. The Morgan fingerprint density at radius 1 is 1.13 bits per heavy atom. The molecule has 0 heterocycles. The third-order valence-electron chi connectivity index (χ3n) is 1.93. The maximum atomic E-state index is 11.3. The van der Waals surface area contributed by atoms with Gasteiger partial charge in [-0.25, -0.2) is 4.79 Å². The number of hydrogen-bond acceptors (Lipinski definition) is 3. The molecule has 0 aliphatic heterocycles. The van der Waals surface area contributed by atoms with Crippen LogP contribution in [0.2, 0.25) is 0 Å². The number of carbonyl (C=O) groups excluding carboxylic acids is 1. The average molecular weight is 214 g/mol. The van der Waals surface area contributed by atoms with Crippen LogP contribution in [-0.4, -0.2) is 19.2 Å². The lowest BCUT2D eigenvalue weighted by Gasteiger charge is -2.04. The van der Waals surface area contributed by atoms with Crippen LogP contribution in [0.1, 0.15) is 46.5 Å². The Morgan fingerprint density at radius 3 is 2.33 bits per heavy atom. The van der Waals surface area contributed by atoms with Crippen LogP contribution in [0, 0.1) is 0 Å². The lowest BCUT2D eigenvalue weighted by Crippen LogP contribution is -2.07. The van der Waals surface area contributed by atoms with Crippen LogP contribution >= 0.6 is 0 Å². The van der Waals surface area contributed by atoms with Crippen LogP contribution in [0.3, 0.4) is 0 Å². The molecular weight excluding hydrogens is 192 g/mol. The van der Waals surface area contributed by atoms with Crippen molar-refractivity contribution < 1.29 is 14.3 Å². The first-order valence-corrected chi connectivity index (χ1v) is 5.67. The van der Waals surface area contributed by atoms with E-state index in [0.29, 0.717) is 18.8 Å². The first kappa shape index (κ1) is 14.0.